The molecule has 1 aromatic heterocycles. The van der Waals surface area contributed by atoms with E-state index in [0.29, 0.717) is 0 Å². The maximum absolute atomic E-state index is 4.99. The van der Waals surface area contributed by atoms with Crippen LogP contribution in [0.1, 0.15) is 12.6 Å². The molecule has 13 heavy (non-hydrogen) atoms. The summed E-state index contributed by atoms with van der Waals surface area (Å²) < 4.78 is 0. The Bertz CT molecular complexity index is 325. The van der Waals surface area contributed by atoms with Crippen molar-refractivity contribution in [3.8, 4) is 12.3 Å². The number of pyridine rings is 1. The highest BCUT2D eigenvalue weighted by molar-refractivity contribution is 5.96. The highest BCUT2D eigenvalue weighted by atomic mass is 16.6. The van der Waals surface area contributed by atoms with E-state index in [1.165, 1.54) is 0 Å². The molecule has 0 N–H and O–H groups in total. The van der Waals surface area contributed by atoms with Gasteiger partial charge in [-0.05, 0) is 19.1 Å². The minimum Gasteiger partial charge on any atom is -0.382 e. The second kappa shape index (κ2) is 4.94. The smallest absolute Gasteiger partial charge is 0.177 e. The van der Waals surface area contributed by atoms with Gasteiger partial charge in [0.05, 0.1) is 5.69 Å². The molecule has 66 valence electrons. The van der Waals surface area contributed by atoms with Crippen molar-refractivity contribution in [2.24, 2.45) is 5.16 Å². The maximum Gasteiger partial charge on any atom is 0.177 e. The zero-order valence-corrected chi connectivity index (χ0v) is 7.40. The summed E-state index contributed by atoms with van der Waals surface area (Å²) in [6, 6.07) is 5.60. The van der Waals surface area contributed by atoms with Crippen LogP contribution in [0.4, 0.5) is 0 Å². The minimum atomic E-state index is 0.185. The summed E-state index contributed by atoms with van der Waals surface area (Å²) in [5.74, 6) is 2.32. The summed E-state index contributed by atoms with van der Waals surface area (Å²) in [6.07, 6.45) is 6.70. The van der Waals surface area contributed by atoms with E-state index in [4.69, 9.17) is 11.3 Å². The molecule has 3 nitrogen and oxygen atoms in total. The zero-order chi connectivity index (χ0) is 9.52. The standard InChI is InChI=1S/C10H10N2O/c1-3-8-13-12-9(2)10-6-4-5-7-11-10/h1,4-7H,8H2,2H3. The number of aromatic nitrogens is 1. The maximum atomic E-state index is 4.99. The summed E-state index contributed by atoms with van der Waals surface area (Å²) in [7, 11) is 0. The number of nitrogens with zero attached hydrogens (tertiary/aromatic N) is 2. The zero-order valence-electron chi connectivity index (χ0n) is 7.40. The van der Waals surface area contributed by atoms with E-state index in [1.54, 1.807) is 6.20 Å². The molecule has 0 spiro atoms. The summed E-state index contributed by atoms with van der Waals surface area (Å²) in [6.45, 7) is 2.00. The highest BCUT2D eigenvalue weighted by Crippen LogP contribution is 1.96. The van der Waals surface area contributed by atoms with Crippen molar-refractivity contribution in [2.75, 3.05) is 6.61 Å². The van der Waals surface area contributed by atoms with Crippen LogP contribution in [0, 0.1) is 12.3 Å². The predicted molar refractivity (Wildman–Crippen MR) is 51.2 cm³/mol. The van der Waals surface area contributed by atoms with Gasteiger partial charge in [-0.15, -0.1) is 6.42 Å². The Hall–Kier alpha value is -1.82. The van der Waals surface area contributed by atoms with Crippen LogP contribution in [-0.2, 0) is 4.84 Å². The van der Waals surface area contributed by atoms with Gasteiger partial charge >= 0.3 is 0 Å². The van der Waals surface area contributed by atoms with E-state index < -0.39 is 0 Å². The number of rotatable bonds is 3. The first-order valence-corrected chi connectivity index (χ1v) is 3.86. The molecule has 0 saturated carbocycles. The van der Waals surface area contributed by atoms with Gasteiger partial charge in [0.1, 0.15) is 5.71 Å². The van der Waals surface area contributed by atoms with Crippen molar-refractivity contribution in [1.82, 2.24) is 4.98 Å². The first-order valence-electron chi connectivity index (χ1n) is 3.86. The van der Waals surface area contributed by atoms with E-state index in [9.17, 15) is 0 Å². The Labute approximate surface area is 77.4 Å². The molecule has 1 heterocycles. The third kappa shape index (κ3) is 2.96. The van der Waals surface area contributed by atoms with E-state index in [1.807, 2.05) is 25.1 Å². The van der Waals surface area contributed by atoms with E-state index in [-0.39, 0.29) is 6.61 Å². The number of terminal acetylenes is 1. The lowest BCUT2D eigenvalue weighted by atomic mass is 10.3. The molecule has 1 aromatic rings. The van der Waals surface area contributed by atoms with Crippen molar-refractivity contribution in [1.29, 1.82) is 0 Å². The molecule has 3 heteroatoms. The van der Waals surface area contributed by atoms with Gasteiger partial charge in [-0.3, -0.25) is 4.98 Å². The fraction of sp³-hybridized carbons (Fsp3) is 0.200. The lowest BCUT2D eigenvalue weighted by Gasteiger charge is -1.97. The summed E-state index contributed by atoms with van der Waals surface area (Å²) in [4.78, 5) is 8.91. The topological polar surface area (TPSA) is 34.5 Å². The van der Waals surface area contributed by atoms with Crippen LogP contribution in [0.2, 0.25) is 0 Å². The number of oxime groups is 1. The fourth-order valence-corrected chi connectivity index (χ4v) is 0.790. The molecule has 0 aliphatic carbocycles. The first kappa shape index (κ1) is 9.27. The third-order valence-electron chi connectivity index (χ3n) is 1.38. The number of hydrogen-bond acceptors (Lipinski definition) is 3. The van der Waals surface area contributed by atoms with Crippen molar-refractivity contribution >= 4 is 5.71 Å². The Morgan fingerprint density at radius 2 is 2.54 bits per heavy atom. The van der Waals surface area contributed by atoms with Gasteiger partial charge in [-0.2, -0.15) is 0 Å². The van der Waals surface area contributed by atoms with E-state index in [2.05, 4.69) is 16.1 Å². The SMILES string of the molecule is C#CCON=C(C)c1ccccn1. The van der Waals surface area contributed by atoms with Crippen molar-refractivity contribution in [2.45, 2.75) is 6.92 Å². The Morgan fingerprint density at radius 3 is 3.15 bits per heavy atom. The largest absolute Gasteiger partial charge is 0.382 e. The summed E-state index contributed by atoms with van der Waals surface area (Å²) in [5, 5.41) is 3.80. The van der Waals surface area contributed by atoms with Gasteiger partial charge in [-0.1, -0.05) is 17.1 Å². The molecule has 0 bridgehead atoms. The molecule has 0 radical (unpaired) electrons. The van der Waals surface area contributed by atoms with Crippen molar-refractivity contribution in [3.05, 3.63) is 30.1 Å². The van der Waals surface area contributed by atoms with Crippen LogP contribution in [0.5, 0.6) is 0 Å². The number of hydrogen-bond donors (Lipinski definition) is 0. The average molecular weight is 174 g/mol. The normalized spacial score (nSPS) is 10.6. The third-order valence-corrected chi connectivity index (χ3v) is 1.38. The van der Waals surface area contributed by atoms with Gasteiger partial charge in [0, 0.05) is 6.20 Å². The molecule has 0 fully saturated rings. The molecule has 1 rings (SSSR count). The summed E-state index contributed by atoms with van der Waals surface area (Å²) in [5.41, 5.74) is 1.51. The predicted octanol–water partition coefficient (Wildman–Crippen LogP) is 1.46. The summed E-state index contributed by atoms with van der Waals surface area (Å²) >= 11 is 0. The van der Waals surface area contributed by atoms with Gasteiger partial charge in [0.25, 0.3) is 0 Å². The van der Waals surface area contributed by atoms with E-state index >= 15 is 0 Å². The molecule has 0 amide bonds. The molecule has 0 aliphatic rings. The molecule has 0 unspecified atom stereocenters. The Balaban J connectivity index is 2.63. The molecule has 0 aromatic carbocycles. The first-order chi connectivity index (χ1) is 6.34. The van der Waals surface area contributed by atoms with Crippen LogP contribution in [0.15, 0.2) is 29.6 Å². The lowest BCUT2D eigenvalue weighted by Crippen LogP contribution is -1.98. The van der Waals surface area contributed by atoms with Crippen LogP contribution in [-0.4, -0.2) is 17.3 Å². The molecular weight excluding hydrogens is 164 g/mol. The van der Waals surface area contributed by atoms with Crippen LogP contribution < -0.4 is 0 Å². The highest BCUT2D eigenvalue weighted by Gasteiger charge is 1.96. The average Bonchev–Trinajstić information content (AvgIpc) is 2.19. The van der Waals surface area contributed by atoms with Crippen LogP contribution in [0.3, 0.4) is 0 Å². The second-order valence-electron chi connectivity index (χ2n) is 2.37. The Kier molecular flexibility index (Phi) is 3.52. The fourth-order valence-electron chi connectivity index (χ4n) is 0.790. The molecule has 0 saturated heterocycles. The van der Waals surface area contributed by atoms with Gasteiger partial charge in [0.2, 0.25) is 0 Å². The van der Waals surface area contributed by atoms with Gasteiger partial charge < -0.3 is 4.84 Å². The molecular formula is C10H10N2O. The van der Waals surface area contributed by atoms with Crippen LogP contribution >= 0.6 is 0 Å². The van der Waals surface area contributed by atoms with Crippen molar-refractivity contribution < 1.29 is 4.84 Å². The van der Waals surface area contributed by atoms with Gasteiger partial charge in [-0.25, -0.2) is 0 Å². The minimum absolute atomic E-state index is 0.185. The monoisotopic (exact) mass is 174 g/mol. The lowest BCUT2D eigenvalue weighted by molar-refractivity contribution is 0.180. The molecule has 0 aliphatic heterocycles. The van der Waals surface area contributed by atoms with Crippen molar-refractivity contribution in [3.63, 3.8) is 0 Å². The molecule has 0 atom stereocenters. The van der Waals surface area contributed by atoms with Crippen LogP contribution in [0.25, 0.3) is 0 Å². The Morgan fingerprint density at radius 1 is 1.69 bits per heavy atom. The quantitative estimate of drug-likeness (QED) is 0.301. The van der Waals surface area contributed by atoms with Gasteiger partial charge in [0.15, 0.2) is 6.61 Å². The second-order valence-corrected chi connectivity index (χ2v) is 2.37. The van der Waals surface area contributed by atoms with E-state index in [0.717, 1.165) is 11.4 Å².